The largest absolute Gasteiger partial charge is 0.353 e. The Bertz CT molecular complexity index is 842. The second-order valence-electron chi connectivity index (χ2n) is 8.55. The number of aromatic nitrogens is 3. The summed E-state index contributed by atoms with van der Waals surface area (Å²) in [5.41, 5.74) is 2.01. The van der Waals surface area contributed by atoms with Gasteiger partial charge in [-0.15, -0.1) is 0 Å². The molecule has 4 rings (SSSR count). The molecule has 0 bridgehead atoms. The fraction of sp³-hybridized carbons (Fsp3) is 0.565. The SMILES string of the molecule is O=C(NC1CCCCCCC1)C1CCCN(C(=O)c2cc(-c3cccnc3)n[nH]2)C1. The van der Waals surface area contributed by atoms with Gasteiger partial charge in [0.25, 0.3) is 5.91 Å². The molecule has 0 spiro atoms. The van der Waals surface area contributed by atoms with Crippen LogP contribution in [-0.2, 0) is 4.79 Å². The van der Waals surface area contributed by atoms with E-state index >= 15 is 0 Å². The number of pyridine rings is 1. The van der Waals surface area contributed by atoms with Gasteiger partial charge < -0.3 is 10.2 Å². The second-order valence-corrected chi connectivity index (χ2v) is 8.55. The van der Waals surface area contributed by atoms with E-state index in [1.807, 2.05) is 12.1 Å². The first kappa shape index (κ1) is 20.6. The predicted octanol–water partition coefficient (Wildman–Crippen LogP) is 3.55. The quantitative estimate of drug-likeness (QED) is 0.808. The van der Waals surface area contributed by atoms with E-state index < -0.39 is 0 Å². The van der Waals surface area contributed by atoms with E-state index in [0.29, 0.717) is 30.5 Å². The molecule has 3 heterocycles. The second kappa shape index (κ2) is 9.87. The van der Waals surface area contributed by atoms with E-state index in [4.69, 9.17) is 0 Å². The molecule has 1 saturated carbocycles. The first-order valence-corrected chi connectivity index (χ1v) is 11.3. The molecule has 1 saturated heterocycles. The number of nitrogens with one attached hydrogen (secondary N) is 2. The van der Waals surface area contributed by atoms with E-state index in [-0.39, 0.29) is 17.7 Å². The molecule has 7 nitrogen and oxygen atoms in total. The lowest BCUT2D eigenvalue weighted by Gasteiger charge is -2.33. The van der Waals surface area contributed by atoms with Gasteiger partial charge in [0.15, 0.2) is 0 Å². The van der Waals surface area contributed by atoms with Crippen molar-refractivity contribution in [3.63, 3.8) is 0 Å². The van der Waals surface area contributed by atoms with Crippen LogP contribution in [0.5, 0.6) is 0 Å². The molecule has 2 fully saturated rings. The number of aromatic amines is 1. The number of carbonyl (C=O) groups excluding carboxylic acids is 2. The lowest BCUT2D eigenvalue weighted by Crippen LogP contribution is -2.47. The normalized spacial score (nSPS) is 20.9. The Balaban J connectivity index is 1.35. The molecular weight excluding hydrogens is 378 g/mol. The minimum Gasteiger partial charge on any atom is -0.353 e. The summed E-state index contributed by atoms with van der Waals surface area (Å²) in [7, 11) is 0. The third-order valence-electron chi connectivity index (χ3n) is 6.30. The van der Waals surface area contributed by atoms with Crippen molar-refractivity contribution in [3.8, 4) is 11.3 Å². The third-order valence-corrected chi connectivity index (χ3v) is 6.30. The molecule has 30 heavy (non-hydrogen) atoms. The Labute approximate surface area is 177 Å². The van der Waals surface area contributed by atoms with Gasteiger partial charge in [-0.05, 0) is 43.9 Å². The monoisotopic (exact) mass is 409 g/mol. The zero-order chi connectivity index (χ0) is 20.8. The van der Waals surface area contributed by atoms with Gasteiger partial charge in [0.05, 0.1) is 11.6 Å². The van der Waals surface area contributed by atoms with Gasteiger partial charge >= 0.3 is 0 Å². The van der Waals surface area contributed by atoms with Crippen LogP contribution in [0.3, 0.4) is 0 Å². The molecule has 1 aliphatic carbocycles. The maximum Gasteiger partial charge on any atom is 0.271 e. The fourth-order valence-corrected chi connectivity index (χ4v) is 4.56. The maximum atomic E-state index is 13.0. The van der Waals surface area contributed by atoms with Crippen molar-refractivity contribution in [2.75, 3.05) is 13.1 Å². The molecule has 0 radical (unpaired) electrons. The van der Waals surface area contributed by atoms with E-state index in [1.54, 1.807) is 23.4 Å². The minimum atomic E-state index is -0.131. The zero-order valence-corrected chi connectivity index (χ0v) is 17.5. The average Bonchev–Trinajstić information content (AvgIpc) is 3.26. The summed E-state index contributed by atoms with van der Waals surface area (Å²) in [6.45, 7) is 1.14. The van der Waals surface area contributed by atoms with Crippen LogP contribution >= 0.6 is 0 Å². The number of carbonyl (C=O) groups is 2. The summed E-state index contributed by atoms with van der Waals surface area (Å²) < 4.78 is 0. The van der Waals surface area contributed by atoms with Crippen molar-refractivity contribution < 1.29 is 9.59 Å². The highest BCUT2D eigenvalue weighted by atomic mass is 16.2. The van der Waals surface area contributed by atoms with E-state index in [2.05, 4.69) is 20.5 Å². The van der Waals surface area contributed by atoms with Crippen molar-refractivity contribution in [1.82, 2.24) is 25.4 Å². The van der Waals surface area contributed by atoms with Crippen LogP contribution in [0.2, 0.25) is 0 Å². The smallest absolute Gasteiger partial charge is 0.271 e. The molecule has 2 N–H and O–H groups in total. The van der Waals surface area contributed by atoms with Crippen LogP contribution in [0.15, 0.2) is 30.6 Å². The number of H-pyrrole nitrogens is 1. The van der Waals surface area contributed by atoms with Gasteiger partial charge in [-0.3, -0.25) is 19.7 Å². The van der Waals surface area contributed by atoms with Crippen LogP contribution in [0.4, 0.5) is 0 Å². The van der Waals surface area contributed by atoms with Crippen molar-refractivity contribution >= 4 is 11.8 Å². The summed E-state index contributed by atoms with van der Waals surface area (Å²) in [6.07, 6.45) is 13.5. The molecule has 1 atom stereocenters. The van der Waals surface area contributed by atoms with Crippen LogP contribution < -0.4 is 5.32 Å². The number of hydrogen-bond donors (Lipinski definition) is 2. The number of nitrogens with zero attached hydrogens (tertiary/aromatic N) is 3. The van der Waals surface area contributed by atoms with Crippen molar-refractivity contribution in [3.05, 3.63) is 36.3 Å². The highest BCUT2D eigenvalue weighted by Crippen LogP contribution is 2.22. The van der Waals surface area contributed by atoms with Crippen LogP contribution in [0.1, 0.15) is 68.3 Å². The Hall–Kier alpha value is -2.70. The van der Waals surface area contributed by atoms with Crippen LogP contribution in [0, 0.1) is 5.92 Å². The first-order valence-electron chi connectivity index (χ1n) is 11.3. The number of likely N-dealkylation sites (tertiary alicyclic amines) is 1. The van der Waals surface area contributed by atoms with Gasteiger partial charge in [0, 0.05) is 37.1 Å². The Morgan fingerprint density at radius 1 is 1.07 bits per heavy atom. The molecule has 1 unspecified atom stereocenters. The van der Waals surface area contributed by atoms with E-state index in [1.165, 1.54) is 32.1 Å². The zero-order valence-electron chi connectivity index (χ0n) is 17.5. The van der Waals surface area contributed by atoms with E-state index in [0.717, 1.165) is 31.2 Å². The minimum absolute atomic E-state index is 0.0962. The van der Waals surface area contributed by atoms with Gasteiger partial charge in [-0.25, -0.2) is 0 Å². The van der Waals surface area contributed by atoms with Gasteiger partial charge in [0.2, 0.25) is 5.91 Å². The van der Waals surface area contributed by atoms with E-state index in [9.17, 15) is 9.59 Å². The molecule has 2 aromatic heterocycles. The van der Waals surface area contributed by atoms with Gasteiger partial charge in [-0.2, -0.15) is 5.10 Å². The van der Waals surface area contributed by atoms with Crippen LogP contribution in [0.25, 0.3) is 11.3 Å². The summed E-state index contributed by atoms with van der Waals surface area (Å²) >= 11 is 0. The Kier molecular flexibility index (Phi) is 6.77. The molecule has 160 valence electrons. The van der Waals surface area contributed by atoms with Gasteiger partial charge in [-0.1, -0.05) is 32.1 Å². The highest BCUT2D eigenvalue weighted by molar-refractivity contribution is 5.94. The average molecular weight is 410 g/mol. The Morgan fingerprint density at radius 2 is 1.87 bits per heavy atom. The molecule has 2 aliphatic rings. The van der Waals surface area contributed by atoms with Gasteiger partial charge in [0.1, 0.15) is 5.69 Å². The molecule has 0 aromatic carbocycles. The lowest BCUT2D eigenvalue weighted by atomic mass is 9.93. The van der Waals surface area contributed by atoms with Crippen molar-refractivity contribution in [2.45, 2.75) is 63.8 Å². The first-order chi connectivity index (χ1) is 14.7. The molecular formula is C23H31N5O2. The van der Waals surface area contributed by atoms with Crippen molar-refractivity contribution in [2.24, 2.45) is 5.92 Å². The maximum absolute atomic E-state index is 13.0. The summed E-state index contributed by atoms with van der Waals surface area (Å²) in [5.74, 6) is -0.117. The lowest BCUT2D eigenvalue weighted by molar-refractivity contribution is -0.127. The highest BCUT2D eigenvalue weighted by Gasteiger charge is 2.30. The number of hydrogen-bond acceptors (Lipinski definition) is 4. The molecule has 2 aromatic rings. The molecule has 2 amide bonds. The number of rotatable bonds is 4. The number of piperidine rings is 1. The standard InChI is InChI=1S/C23H31N5O2/c29-22(25-19-10-4-2-1-3-5-11-19)18-9-7-13-28(16-18)23(30)21-14-20(26-27-21)17-8-6-12-24-15-17/h6,8,12,14-15,18-19H,1-5,7,9-11,13,16H2,(H,25,29)(H,26,27). The topological polar surface area (TPSA) is 91.0 Å². The summed E-state index contributed by atoms with van der Waals surface area (Å²) in [5, 5.41) is 10.4. The summed E-state index contributed by atoms with van der Waals surface area (Å²) in [6, 6.07) is 5.81. The Morgan fingerprint density at radius 3 is 2.63 bits per heavy atom. The molecule has 1 aliphatic heterocycles. The van der Waals surface area contributed by atoms with Crippen LogP contribution in [-0.4, -0.2) is 51.0 Å². The van der Waals surface area contributed by atoms with Crippen molar-refractivity contribution in [1.29, 1.82) is 0 Å². The predicted molar refractivity (Wildman–Crippen MR) is 115 cm³/mol. The fourth-order valence-electron chi connectivity index (χ4n) is 4.56. The summed E-state index contributed by atoms with van der Waals surface area (Å²) in [4.78, 5) is 31.8. The molecule has 7 heteroatoms. The third kappa shape index (κ3) is 5.07. The number of amides is 2.